The molecule has 0 fully saturated rings. The molecule has 0 aliphatic heterocycles. The summed E-state index contributed by atoms with van der Waals surface area (Å²) in [6, 6.07) is 10.2. The average Bonchev–Trinajstić information content (AvgIpc) is 3.14. The molecule has 1 aromatic heterocycles. The molecular weight excluding hydrogens is 489 g/mol. The second-order valence-electron chi connectivity index (χ2n) is 7.81. The molecule has 0 saturated heterocycles. The molecule has 2 aromatic carbocycles. The van der Waals surface area contributed by atoms with Crippen LogP contribution in [-0.4, -0.2) is 57.1 Å². The zero-order chi connectivity index (χ0) is 22.8. The Bertz CT molecular complexity index is 1150. The quantitative estimate of drug-likeness (QED) is 0.432. The Morgan fingerprint density at radius 2 is 1.72 bits per heavy atom. The summed E-state index contributed by atoms with van der Waals surface area (Å²) in [7, 11) is 0.139. The van der Waals surface area contributed by atoms with Gasteiger partial charge in [0.1, 0.15) is 5.75 Å². The number of fused-ring (bicyclic) bond motifs is 1. The van der Waals surface area contributed by atoms with Crippen LogP contribution >= 0.6 is 35.3 Å². The van der Waals surface area contributed by atoms with Crippen molar-refractivity contribution in [1.82, 2.24) is 9.88 Å². The van der Waals surface area contributed by atoms with Crippen LogP contribution in [-0.2, 0) is 14.6 Å². The molecule has 0 spiro atoms. The lowest BCUT2D eigenvalue weighted by Crippen LogP contribution is -2.37. The number of aryl methyl sites for hydroxylation is 2. The van der Waals surface area contributed by atoms with Gasteiger partial charge in [-0.2, -0.15) is 0 Å². The number of thiazole rings is 1. The molecule has 0 bridgehead atoms. The van der Waals surface area contributed by atoms with Gasteiger partial charge in [0, 0.05) is 6.54 Å². The van der Waals surface area contributed by atoms with Crippen LogP contribution in [0, 0.1) is 13.8 Å². The van der Waals surface area contributed by atoms with Crippen LogP contribution in [0.25, 0.3) is 10.2 Å². The number of carbonyl (C=O) groups excluding carboxylic acids is 1. The summed E-state index contributed by atoms with van der Waals surface area (Å²) >= 11 is 7.65. The number of carbonyl (C=O) groups is 1. The number of hydrogen-bond donors (Lipinski definition) is 0. The third-order valence-corrected chi connectivity index (χ3v) is 8.05. The van der Waals surface area contributed by atoms with Crippen molar-refractivity contribution in [2.24, 2.45) is 0 Å². The molecule has 0 aliphatic carbocycles. The molecular formula is C22H27Cl2N3O3S2. The topological polar surface area (TPSA) is 70.6 Å². The minimum Gasteiger partial charge on any atom is -0.309 e. The molecule has 0 atom stereocenters. The Morgan fingerprint density at radius 1 is 1.06 bits per heavy atom. The summed E-state index contributed by atoms with van der Waals surface area (Å²) in [4.78, 5) is 21.5. The Kier molecular flexibility index (Phi) is 9.07. The van der Waals surface area contributed by atoms with Crippen molar-refractivity contribution in [2.75, 3.05) is 37.8 Å². The van der Waals surface area contributed by atoms with Crippen LogP contribution in [0.3, 0.4) is 0 Å². The molecule has 0 saturated carbocycles. The largest absolute Gasteiger partial charge is 0.309 e. The predicted octanol–water partition coefficient (Wildman–Crippen LogP) is 4.75. The second-order valence-corrected chi connectivity index (χ2v) is 11.2. The predicted molar refractivity (Wildman–Crippen MR) is 135 cm³/mol. The van der Waals surface area contributed by atoms with Crippen molar-refractivity contribution < 1.29 is 13.2 Å². The van der Waals surface area contributed by atoms with Crippen molar-refractivity contribution in [3.05, 3.63) is 52.5 Å². The lowest BCUT2D eigenvalue weighted by atomic mass is 10.2. The van der Waals surface area contributed by atoms with Gasteiger partial charge >= 0.3 is 0 Å². The van der Waals surface area contributed by atoms with Crippen LogP contribution in [0.4, 0.5) is 5.13 Å². The minimum atomic E-state index is -3.77. The van der Waals surface area contributed by atoms with E-state index in [1.54, 1.807) is 18.2 Å². The summed E-state index contributed by atoms with van der Waals surface area (Å²) in [6.07, 6.45) is 0.686. The molecule has 1 amide bonds. The number of benzene rings is 2. The van der Waals surface area contributed by atoms with E-state index in [0.717, 1.165) is 27.9 Å². The molecule has 0 radical (unpaired) electrons. The second kappa shape index (κ2) is 10.9. The average molecular weight is 517 g/mol. The summed E-state index contributed by atoms with van der Waals surface area (Å²) in [5.74, 6) is -1.10. The first-order chi connectivity index (χ1) is 14.6. The van der Waals surface area contributed by atoms with Crippen molar-refractivity contribution in [3.8, 4) is 0 Å². The fourth-order valence-corrected chi connectivity index (χ4v) is 5.71. The van der Waals surface area contributed by atoms with Crippen molar-refractivity contribution in [1.29, 1.82) is 0 Å². The van der Waals surface area contributed by atoms with E-state index in [2.05, 4.69) is 4.98 Å². The number of hydrogen-bond acceptors (Lipinski definition) is 6. The highest BCUT2D eigenvalue weighted by Crippen LogP contribution is 2.36. The number of halogens is 2. The van der Waals surface area contributed by atoms with E-state index >= 15 is 0 Å². The maximum Gasteiger partial charge on any atom is 0.244 e. The molecule has 6 nitrogen and oxygen atoms in total. The third-order valence-electron chi connectivity index (χ3n) is 4.90. The van der Waals surface area contributed by atoms with E-state index in [-0.39, 0.29) is 17.3 Å². The lowest BCUT2D eigenvalue weighted by molar-refractivity contribution is -0.116. The molecule has 3 rings (SSSR count). The highest BCUT2D eigenvalue weighted by atomic mass is 35.5. The molecule has 10 heteroatoms. The number of aromatic nitrogens is 1. The van der Waals surface area contributed by atoms with E-state index in [4.69, 9.17) is 11.6 Å². The summed E-state index contributed by atoms with van der Waals surface area (Å²) in [5.41, 5.74) is 2.64. The number of anilines is 1. The molecule has 174 valence electrons. The van der Waals surface area contributed by atoms with Gasteiger partial charge in [0.15, 0.2) is 15.0 Å². The van der Waals surface area contributed by atoms with Crippen molar-refractivity contribution in [3.63, 3.8) is 0 Å². The Balaban J connectivity index is 0.00000363. The Morgan fingerprint density at radius 3 is 2.31 bits per heavy atom. The van der Waals surface area contributed by atoms with Gasteiger partial charge in [-0.25, -0.2) is 13.4 Å². The van der Waals surface area contributed by atoms with Crippen molar-refractivity contribution >= 4 is 66.4 Å². The zero-order valence-corrected chi connectivity index (χ0v) is 21.7. The van der Waals surface area contributed by atoms with Gasteiger partial charge in [-0.3, -0.25) is 9.69 Å². The van der Waals surface area contributed by atoms with Gasteiger partial charge in [-0.1, -0.05) is 46.7 Å². The number of rotatable bonds is 8. The van der Waals surface area contributed by atoms with E-state index in [1.165, 1.54) is 28.4 Å². The standard InChI is InChI=1S/C22H26ClN3O3S2.ClH/c1-15-6-9-17(10-7-15)31(28,29)14-19(27)26(13-5-12-25(3)4)22-24-20-16(2)8-11-18(23)21(20)30-22;/h6-11H,5,12-14H2,1-4H3;1H. The normalized spacial score (nSPS) is 11.6. The van der Waals surface area contributed by atoms with Gasteiger partial charge in [0.05, 0.1) is 20.1 Å². The first-order valence-corrected chi connectivity index (χ1v) is 12.7. The number of amides is 1. The Hall–Kier alpha value is -1.71. The van der Waals surface area contributed by atoms with Gasteiger partial charge in [-0.15, -0.1) is 12.4 Å². The Labute approximate surface area is 204 Å². The van der Waals surface area contributed by atoms with Gasteiger partial charge in [-0.05, 0) is 64.7 Å². The van der Waals surface area contributed by atoms with Crippen molar-refractivity contribution in [2.45, 2.75) is 25.2 Å². The van der Waals surface area contributed by atoms with Gasteiger partial charge in [0.25, 0.3) is 0 Å². The maximum atomic E-state index is 13.2. The monoisotopic (exact) mass is 515 g/mol. The summed E-state index contributed by atoms with van der Waals surface area (Å²) < 4.78 is 26.5. The lowest BCUT2D eigenvalue weighted by Gasteiger charge is -2.21. The fourth-order valence-electron chi connectivity index (χ4n) is 3.15. The highest BCUT2D eigenvalue weighted by Gasteiger charge is 2.27. The minimum absolute atomic E-state index is 0. The van der Waals surface area contributed by atoms with Crippen LogP contribution in [0.5, 0.6) is 0 Å². The summed E-state index contributed by atoms with van der Waals surface area (Å²) in [6.45, 7) is 4.95. The smallest absolute Gasteiger partial charge is 0.244 e. The summed E-state index contributed by atoms with van der Waals surface area (Å²) in [5, 5.41) is 1.03. The number of sulfone groups is 1. The molecule has 0 N–H and O–H groups in total. The van der Waals surface area contributed by atoms with E-state index in [9.17, 15) is 13.2 Å². The van der Waals surface area contributed by atoms with Crippen LogP contribution in [0.1, 0.15) is 17.5 Å². The van der Waals surface area contributed by atoms with E-state index in [0.29, 0.717) is 23.1 Å². The SMILES string of the molecule is Cc1ccc(S(=O)(=O)CC(=O)N(CCCN(C)C)c2nc3c(C)ccc(Cl)c3s2)cc1.Cl. The highest BCUT2D eigenvalue weighted by molar-refractivity contribution is 7.92. The third kappa shape index (κ3) is 6.20. The van der Waals surface area contributed by atoms with Gasteiger partial charge < -0.3 is 4.90 Å². The molecule has 0 aliphatic rings. The van der Waals surface area contributed by atoms with E-state index < -0.39 is 21.5 Å². The number of nitrogens with zero attached hydrogens (tertiary/aromatic N) is 3. The maximum absolute atomic E-state index is 13.2. The fraction of sp³-hybridized carbons (Fsp3) is 0.364. The molecule has 0 unspecified atom stereocenters. The van der Waals surface area contributed by atoms with Crippen LogP contribution in [0.15, 0.2) is 41.3 Å². The molecule has 1 heterocycles. The van der Waals surface area contributed by atoms with Crippen LogP contribution < -0.4 is 4.90 Å². The first-order valence-electron chi connectivity index (χ1n) is 9.88. The molecule has 32 heavy (non-hydrogen) atoms. The molecule has 3 aromatic rings. The first kappa shape index (κ1) is 26.5. The van der Waals surface area contributed by atoms with Gasteiger partial charge in [0.2, 0.25) is 5.91 Å². The van der Waals surface area contributed by atoms with Crippen LogP contribution in [0.2, 0.25) is 5.02 Å². The zero-order valence-electron chi connectivity index (χ0n) is 18.5. The van der Waals surface area contributed by atoms with E-state index in [1.807, 2.05) is 38.9 Å².